The molecule has 0 aliphatic heterocycles. The molecule has 0 fully saturated rings. The van der Waals surface area contributed by atoms with Crippen LogP contribution >= 0.6 is 0 Å². The maximum Gasteiger partial charge on any atom is 0.313 e. The van der Waals surface area contributed by atoms with Crippen LogP contribution in [0.4, 0.5) is 0 Å². The largest absolute Gasteiger partial charge is 0.463 e. The quantitative estimate of drug-likeness (QED) is 0.276. The van der Waals surface area contributed by atoms with Crippen LogP contribution in [0.5, 0.6) is 0 Å². The van der Waals surface area contributed by atoms with Crippen LogP contribution in [0.3, 0.4) is 0 Å². The van der Waals surface area contributed by atoms with Crippen molar-refractivity contribution in [1.29, 1.82) is 0 Å². The molecule has 0 bridgehead atoms. The summed E-state index contributed by atoms with van der Waals surface area (Å²) in [5.41, 5.74) is 0. The molecule has 0 aromatic heterocycles. The summed E-state index contributed by atoms with van der Waals surface area (Å²) in [6.45, 7) is 1.49. The summed E-state index contributed by atoms with van der Waals surface area (Å²) in [6.07, 6.45) is 9.79. The van der Waals surface area contributed by atoms with Crippen LogP contribution < -0.4 is 0 Å². The van der Waals surface area contributed by atoms with E-state index in [2.05, 4.69) is 11.7 Å². The zero-order valence-corrected chi connectivity index (χ0v) is 13.9. The molecule has 0 saturated carbocycles. The van der Waals surface area contributed by atoms with E-state index in [1.54, 1.807) is 0 Å². The third-order valence-electron chi connectivity index (χ3n) is 3.55. The van der Waals surface area contributed by atoms with Crippen LogP contribution in [-0.4, -0.2) is 41.3 Å². The van der Waals surface area contributed by atoms with Gasteiger partial charge in [0.1, 0.15) is 24.9 Å². The normalized spacial score (nSPS) is 12.1. The van der Waals surface area contributed by atoms with Gasteiger partial charge in [0.25, 0.3) is 0 Å². The van der Waals surface area contributed by atoms with Crippen LogP contribution in [0, 0.1) is 0 Å². The van der Waals surface area contributed by atoms with E-state index in [-0.39, 0.29) is 18.8 Å². The lowest BCUT2D eigenvalue weighted by Crippen LogP contribution is -2.23. The third kappa shape index (κ3) is 14.0. The molecule has 0 aromatic rings. The van der Waals surface area contributed by atoms with Gasteiger partial charge in [-0.05, 0) is 6.42 Å². The maximum atomic E-state index is 11.6. The molecule has 0 aliphatic carbocycles. The summed E-state index contributed by atoms with van der Waals surface area (Å²) in [7, 11) is 0. The summed E-state index contributed by atoms with van der Waals surface area (Å²) < 4.78 is 4.69. The Balaban J connectivity index is 3.40. The van der Waals surface area contributed by atoms with E-state index in [9.17, 15) is 9.59 Å². The number of ether oxygens (including phenoxy) is 1. The van der Waals surface area contributed by atoms with E-state index >= 15 is 0 Å². The van der Waals surface area contributed by atoms with Gasteiger partial charge in [0, 0.05) is 6.42 Å². The van der Waals surface area contributed by atoms with Crippen molar-refractivity contribution in [2.24, 2.45) is 0 Å². The first-order valence-corrected chi connectivity index (χ1v) is 8.56. The van der Waals surface area contributed by atoms with Gasteiger partial charge in [0.05, 0.1) is 6.61 Å². The first-order chi connectivity index (χ1) is 10.6. The number of hydrogen-bond acceptors (Lipinski definition) is 5. The highest BCUT2D eigenvalue weighted by Crippen LogP contribution is 2.11. The second kappa shape index (κ2) is 15.0. The smallest absolute Gasteiger partial charge is 0.313 e. The van der Waals surface area contributed by atoms with E-state index in [1.807, 2.05) is 0 Å². The molecular formula is C17H32O5. The molecule has 0 spiro atoms. The van der Waals surface area contributed by atoms with Crippen LogP contribution in [0.1, 0.15) is 77.6 Å². The van der Waals surface area contributed by atoms with Crippen molar-refractivity contribution in [2.75, 3.05) is 13.2 Å². The van der Waals surface area contributed by atoms with Crippen LogP contribution in [0.2, 0.25) is 0 Å². The molecule has 0 rings (SSSR count). The van der Waals surface area contributed by atoms with Crippen molar-refractivity contribution in [3.63, 3.8) is 0 Å². The standard InChI is InChI=1S/C17H32O5/c1-2-3-4-5-6-7-8-9-10-11-15(19)12-17(21)22-14-16(20)13-18/h16,18,20H,2-14H2,1H3. The molecule has 130 valence electrons. The topological polar surface area (TPSA) is 83.8 Å². The predicted molar refractivity (Wildman–Crippen MR) is 85.5 cm³/mol. The highest BCUT2D eigenvalue weighted by Gasteiger charge is 2.12. The van der Waals surface area contributed by atoms with Crippen molar-refractivity contribution >= 4 is 11.8 Å². The van der Waals surface area contributed by atoms with Gasteiger partial charge in [-0.25, -0.2) is 0 Å². The van der Waals surface area contributed by atoms with Gasteiger partial charge in [-0.2, -0.15) is 0 Å². The Morgan fingerprint density at radius 2 is 1.50 bits per heavy atom. The summed E-state index contributed by atoms with van der Waals surface area (Å²) in [6, 6.07) is 0. The van der Waals surface area contributed by atoms with Gasteiger partial charge in [-0.1, -0.05) is 58.3 Å². The Hall–Kier alpha value is -0.940. The molecule has 5 nitrogen and oxygen atoms in total. The fourth-order valence-electron chi connectivity index (χ4n) is 2.18. The number of esters is 1. The van der Waals surface area contributed by atoms with Crippen molar-refractivity contribution in [3.8, 4) is 0 Å². The van der Waals surface area contributed by atoms with E-state index in [0.29, 0.717) is 6.42 Å². The van der Waals surface area contributed by atoms with E-state index in [0.717, 1.165) is 19.3 Å². The predicted octanol–water partition coefficient (Wildman–Crippen LogP) is 2.76. The molecule has 1 unspecified atom stereocenters. The van der Waals surface area contributed by atoms with Gasteiger partial charge in [0.2, 0.25) is 0 Å². The lowest BCUT2D eigenvalue weighted by Gasteiger charge is -2.08. The molecule has 0 amide bonds. The number of hydrogen-bond donors (Lipinski definition) is 2. The van der Waals surface area contributed by atoms with Crippen LogP contribution in [0.25, 0.3) is 0 Å². The number of ketones is 1. The molecule has 0 saturated heterocycles. The van der Waals surface area contributed by atoms with Crippen LogP contribution in [-0.2, 0) is 14.3 Å². The number of rotatable bonds is 15. The fourth-order valence-corrected chi connectivity index (χ4v) is 2.18. The van der Waals surface area contributed by atoms with Gasteiger partial charge in [0.15, 0.2) is 0 Å². The minimum Gasteiger partial charge on any atom is -0.463 e. The number of carbonyl (C=O) groups is 2. The SMILES string of the molecule is CCCCCCCCCCCC(=O)CC(=O)OCC(O)CO. The number of aliphatic hydroxyl groups excluding tert-OH is 2. The van der Waals surface area contributed by atoms with Crippen molar-refractivity contribution in [2.45, 2.75) is 83.7 Å². The minimum atomic E-state index is -1.07. The molecule has 0 heterocycles. The first kappa shape index (κ1) is 21.1. The highest BCUT2D eigenvalue weighted by atomic mass is 16.5. The highest BCUT2D eigenvalue weighted by molar-refractivity contribution is 5.95. The molecule has 5 heteroatoms. The number of Topliss-reactive ketones (excluding diaryl/α,β-unsaturated/α-hetero) is 1. The van der Waals surface area contributed by atoms with Gasteiger partial charge in [-0.15, -0.1) is 0 Å². The molecule has 0 radical (unpaired) electrons. The van der Waals surface area contributed by atoms with Crippen molar-refractivity contribution < 1.29 is 24.5 Å². The summed E-state index contributed by atoms with van der Waals surface area (Å²) >= 11 is 0. The maximum absolute atomic E-state index is 11.6. The summed E-state index contributed by atoms with van der Waals surface area (Å²) in [5, 5.41) is 17.6. The van der Waals surface area contributed by atoms with E-state index in [1.165, 1.54) is 38.5 Å². The average molecular weight is 316 g/mol. The molecule has 22 heavy (non-hydrogen) atoms. The Morgan fingerprint density at radius 3 is 2.05 bits per heavy atom. The summed E-state index contributed by atoms with van der Waals surface area (Å²) in [4.78, 5) is 22.9. The number of aliphatic hydroxyl groups is 2. The third-order valence-corrected chi connectivity index (χ3v) is 3.55. The Morgan fingerprint density at radius 1 is 0.955 bits per heavy atom. The summed E-state index contributed by atoms with van der Waals surface area (Å²) in [5.74, 6) is -0.750. The molecule has 0 aromatic carbocycles. The second-order valence-electron chi connectivity index (χ2n) is 5.81. The number of unbranched alkanes of at least 4 members (excludes halogenated alkanes) is 8. The van der Waals surface area contributed by atoms with Gasteiger partial charge < -0.3 is 14.9 Å². The first-order valence-electron chi connectivity index (χ1n) is 8.56. The average Bonchev–Trinajstić information content (AvgIpc) is 2.50. The molecule has 2 N–H and O–H groups in total. The lowest BCUT2D eigenvalue weighted by atomic mass is 10.0. The Labute approximate surface area is 134 Å². The Bertz CT molecular complexity index is 291. The molecular weight excluding hydrogens is 284 g/mol. The second-order valence-corrected chi connectivity index (χ2v) is 5.81. The zero-order valence-electron chi connectivity index (χ0n) is 13.9. The molecule has 0 aliphatic rings. The van der Waals surface area contributed by atoms with Crippen molar-refractivity contribution in [3.05, 3.63) is 0 Å². The zero-order chi connectivity index (χ0) is 16.6. The fraction of sp³-hybridized carbons (Fsp3) is 0.882. The lowest BCUT2D eigenvalue weighted by molar-refractivity contribution is -0.149. The van der Waals surface area contributed by atoms with Gasteiger partial charge in [-0.3, -0.25) is 9.59 Å². The van der Waals surface area contributed by atoms with E-state index in [4.69, 9.17) is 10.2 Å². The van der Waals surface area contributed by atoms with Crippen LogP contribution in [0.15, 0.2) is 0 Å². The number of carbonyl (C=O) groups excluding carboxylic acids is 2. The van der Waals surface area contributed by atoms with E-state index < -0.39 is 18.7 Å². The Kier molecular flexibility index (Phi) is 14.3. The monoisotopic (exact) mass is 316 g/mol. The minimum absolute atomic E-state index is 0.119. The van der Waals surface area contributed by atoms with Gasteiger partial charge >= 0.3 is 5.97 Å². The molecule has 1 atom stereocenters. The van der Waals surface area contributed by atoms with Crippen molar-refractivity contribution in [1.82, 2.24) is 0 Å².